The zero-order chi connectivity index (χ0) is 13.3. The van der Waals surface area contributed by atoms with Crippen molar-refractivity contribution in [2.45, 2.75) is 27.7 Å². The maximum Gasteiger partial charge on any atom is 0.330 e. The Hall–Kier alpha value is -1.58. The highest BCUT2D eigenvalue weighted by Crippen LogP contribution is 2.18. The van der Waals surface area contributed by atoms with Gasteiger partial charge in [-0.05, 0) is 13.8 Å². The molecule has 0 aliphatic heterocycles. The van der Waals surface area contributed by atoms with Gasteiger partial charge in [0.15, 0.2) is 0 Å². The number of esters is 2. The van der Waals surface area contributed by atoms with Crippen LogP contribution in [-0.2, 0) is 19.1 Å². The molecule has 0 unspecified atom stereocenters. The van der Waals surface area contributed by atoms with Crippen LogP contribution in [0, 0.1) is 5.41 Å². The maximum absolute atomic E-state index is 11.1. The summed E-state index contributed by atoms with van der Waals surface area (Å²) in [5.74, 6) is -0.768. The first-order valence-electron chi connectivity index (χ1n) is 5.63. The first kappa shape index (κ1) is 15.4. The molecule has 0 saturated heterocycles. The minimum absolute atomic E-state index is 0.349. The predicted octanol–water partition coefficient (Wildman–Crippen LogP) is 2.25. The van der Waals surface area contributed by atoms with Crippen molar-refractivity contribution in [3.05, 3.63) is 24.3 Å². The van der Waals surface area contributed by atoms with Crippen LogP contribution in [0.15, 0.2) is 24.3 Å². The van der Waals surface area contributed by atoms with E-state index in [0.717, 1.165) is 0 Å². The Labute approximate surface area is 102 Å². The molecule has 0 aromatic heterocycles. The van der Waals surface area contributed by atoms with E-state index in [1.54, 1.807) is 26.0 Å². The topological polar surface area (TPSA) is 52.6 Å². The highest BCUT2D eigenvalue weighted by atomic mass is 16.5. The van der Waals surface area contributed by atoms with Crippen molar-refractivity contribution < 1.29 is 19.1 Å². The van der Waals surface area contributed by atoms with Crippen molar-refractivity contribution in [3.8, 4) is 0 Å². The first-order chi connectivity index (χ1) is 7.91. The van der Waals surface area contributed by atoms with Gasteiger partial charge in [0.25, 0.3) is 0 Å². The second-order valence-corrected chi connectivity index (χ2v) is 3.99. The zero-order valence-electron chi connectivity index (χ0n) is 10.9. The molecule has 0 aromatic rings. The molecule has 0 aromatic carbocycles. The molecule has 0 rings (SSSR count). The molecule has 0 N–H and O–H groups in total. The molecule has 0 spiro atoms. The molecular formula is C13H20O4. The van der Waals surface area contributed by atoms with Gasteiger partial charge in [-0.1, -0.05) is 26.0 Å². The van der Waals surface area contributed by atoms with E-state index in [0.29, 0.717) is 13.2 Å². The Morgan fingerprint density at radius 2 is 1.29 bits per heavy atom. The lowest BCUT2D eigenvalue weighted by Gasteiger charge is -2.13. The van der Waals surface area contributed by atoms with Crippen LogP contribution in [0.25, 0.3) is 0 Å². The summed E-state index contributed by atoms with van der Waals surface area (Å²) < 4.78 is 9.52. The Bertz CT molecular complexity index is 283. The van der Waals surface area contributed by atoms with Crippen LogP contribution in [0.5, 0.6) is 0 Å². The highest BCUT2D eigenvalue weighted by molar-refractivity contribution is 5.83. The van der Waals surface area contributed by atoms with Crippen LogP contribution >= 0.6 is 0 Å². The lowest BCUT2D eigenvalue weighted by molar-refractivity contribution is -0.138. The van der Waals surface area contributed by atoms with E-state index in [4.69, 9.17) is 9.47 Å². The smallest absolute Gasteiger partial charge is 0.330 e. The molecule has 4 heteroatoms. The van der Waals surface area contributed by atoms with Crippen molar-refractivity contribution in [1.29, 1.82) is 0 Å². The van der Waals surface area contributed by atoms with E-state index in [1.807, 2.05) is 13.8 Å². The van der Waals surface area contributed by atoms with Gasteiger partial charge in [-0.2, -0.15) is 0 Å². The summed E-state index contributed by atoms with van der Waals surface area (Å²) >= 11 is 0. The van der Waals surface area contributed by atoms with Crippen LogP contribution in [0.2, 0.25) is 0 Å². The van der Waals surface area contributed by atoms with Crippen molar-refractivity contribution >= 4 is 11.9 Å². The van der Waals surface area contributed by atoms with E-state index in [1.165, 1.54) is 12.2 Å². The molecule has 0 bridgehead atoms. The van der Waals surface area contributed by atoms with Crippen LogP contribution < -0.4 is 0 Å². The molecule has 0 radical (unpaired) electrons. The molecule has 0 aliphatic rings. The van der Waals surface area contributed by atoms with Gasteiger partial charge in [-0.3, -0.25) is 0 Å². The monoisotopic (exact) mass is 240 g/mol. The van der Waals surface area contributed by atoms with Gasteiger partial charge < -0.3 is 9.47 Å². The van der Waals surface area contributed by atoms with Crippen LogP contribution in [0.3, 0.4) is 0 Å². The number of rotatable bonds is 6. The normalized spacial score (nSPS) is 12.0. The largest absolute Gasteiger partial charge is 0.463 e. The standard InChI is InChI=1S/C13H20O4/c1-5-16-11(14)7-9-13(3,4)10-8-12(15)17-6-2/h7-10H,5-6H2,1-4H3/b9-7+,10-8+. The molecule has 17 heavy (non-hydrogen) atoms. The van der Waals surface area contributed by atoms with E-state index in [-0.39, 0.29) is 11.9 Å². The average Bonchev–Trinajstić information content (AvgIpc) is 2.25. The molecule has 0 fully saturated rings. The van der Waals surface area contributed by atoms with Crippen molar-refractivity contribution in [2.24, 2.45) is 5.41 Å². The number of hydrogen-bond acceptors (Lipinski definition) is 4. The molecule has 0 atom stereocenters. The molecule has 96 valence electrons. The third-order valence-electron chi connectivity index (χ3n) is 1.87. The zero-order valence-corrected chi connectivity index (χ0v) is 10.9. The molecule has 4 nitrogen and oxygen atoms in total. The third kappa shape index (κ3) is 8.25. The van der Waals surface area contributed by atoms with Gasteiger partial charge in [-0.15, -0.1) is 0 Å². The number of hydrogen-bond donors (Lipinski definition) is 0. The number of ether oxygens (including phenoxy) is 2. The fourth-order valence-electron chi connectivity index (χ4n) is 1.00. The fourth-order valence-corrected chi connectivity index (χ4v) is 1.00. The second-order valence-electron chi connectivity index (χ2n) is 3.99. The van der Waals surface area contributed by atoms with Gasteiger partial charge in [0.1, 0.15) is 0 Å². The predicted molar refractivity (Wildman–Crippen MR) is 65.3 cm³/mol. The molecular weight excluding hydrogens is 220 g/mol. The first-order valence-corrected chi connectivity index (χ1v) is 5.63. The summed E-state index contributed by atoms with van der Waals surface area (Å²) in [5, 5.41) is 0. The molecule has 0 heterocycles. The minimum Gasteiger partial charge on any atom is -0.463 e. The van der Waals surface area contributed by atoms with E-state index < -0.39 is 5.41 Å². The van der Waals surface area contributed by atoms with Crippen molar-refractivity contribution in [2.75, 3.05) is 13.2 Å². The quantitative estimate of drug-likeness (QED) is 0.528. The summed E-state index contributed by atoms with van der Waals surface area (Å²) in [4.78, 5) is 22.2. The van der Waals surface area contributed by atoms with Crippen LogP contribution in [0.4, 0.5) is 0 Å². The lowest BCUT2D eigenvalue weighted by Crippen LogP contribution is -2.08. The third-order valence-corrected chi connectivity index (χ3v) is 1.87. The van der Waals surface area contributed by atoms with Gasteiger partial charge in [0.2, 0.25) is 0 Å². The second kappa shape index (κ2) is 7.65. The van der Waals surface area contributed by atoms with Gasteiger partial charge in [0, 0.05) is 17.6 Å². The Balaban J connectivity index is 4.37. The highest BCUT2D eigenvalue weighted by Gasteiger charge is 2.11. The van der Waals surface area contributed by atoms with Gasteiger partial charge in [-0.25, -0.2) is 9.59 Å². The lowest BCUT2D eigenvalue weighted by atomic mass is 9.92. The maximum atomic E-state index is 11.1. The molecule has 0 saturated carbocycles. The molecule has 0 amide bonds. The summed E-state index contributed by atoms with van der Waals surface area (Å²) in [5.41, 5.74) is -0.403. The average molecular weight is 240 g/mol. The SMILES string of the molecule is CCOC(=O)/C=C/C(C)(C)/C=C/C(=O)OCC. The Morgan fingerprint density at radius 3 is 1.59 bits per heavy atom. The minimum atomic E-state index is -0.403. The van der Waals surface area contributed by atoms with E-state index >= 15 is 0 Å². The molecule has 0 aliphatic carbocycles. The van der Waals surface area contributed by atoms with E-state index in [2.05, 4.69) is 0 Å². The van der Waals surface area contributed by atoms with Gasteiger partial charge >= 0.3 is 11.9 Å². The summed E-state index contributed by atoms with van der Waals surface area (Å²) in [6.45, 7) is 7.94. The van der Waals surface area contributed by atoms with E-state index in [9.17, 15) is 9.59 Å². The summed E-state index contributed by atoms with van der Waals surface area (Å²) in [7, 11) is 0. The number of carbonyl (C=O) groups excluding carboxylic acids is 2. The summed E-state index contributed by atoms with van der Waals surface area (Å²) in [6.07, 6.45) is 6.08. The number of carbonyl (C=O) groups is 2. The van der Waals surface area contributed by atoms with Crippen molar-refractivity contribution in [1.82, 2.24) is 0 Å². The summed E-state index contributed by atoms with van der Waals surface area (Å²) in [6, 6.07) is 0. The fraction of sp³-hybridized carbons (Fsp3) is 0.538. The van der Waals surface area contributed by atoms with Crippen LogP contribution in [0.1, 0.15) is 27.7 Å². The van der Waals surface area contributed by atoms with Crippen molar-refractivity contribution in [3.63, 3.8) is 0 Å². The number of allylic oxidation sites excluding steroid dienone is 2. The Morgan fingerprint density at radius 1 is 0.941 bits per heavy atom. The van der Waals surface area contributed by atoms with Gasteiger partial charge in [0.05, 0.1) is 13.2 Å². The Kier molecular flexibility index (Phi) is 6.94. The van der Waals surface area contributed by atoms with Crippen LogP contribution in [-0.4, -0.2) is 25.2 Å².